The second kappa shape index (κ2) is 9.30. The molecule has 2 fully saturated rings. The van der Waals surface area contributed by atoms with Gasteiger partial charge in [-0.2, -0.15) is 4.31 Å². The Morgan fingerprint density at radius 1 is 1.22 bits per heavy atom. The molecule has 170 valence electrons. The lowest BCUT2D eigenvalue weighted by molar-refractivity contribution is -0.117. The normalized spacial score (nSPS) is 21.9. The van der Waals surface area contributed by atoms with Crippen LogP contribution in [0.3, 0.4) is 0 Å². The Morgan fingerprint density at radius 3 is 2.59 bits per heavy atom. The number of hydrogen-bond acceptors (Lipinski definition) is 6. The van der Waals surface area contributed by atoms with Gasteiger partial charge < -0.3 is 10.1 Å². The van der Waals surface area contributed by atoms with Crippen molar-refractivity contribution in [2.75, 3.05) is 31.1 Å². The van der Waals surface area contributed by atoms with E-state index in [0.29, 0.717) is 40.7 Å². The molecule has 2 heterocycles. The fraction of sp³-hybridized carbons (Fsp3) is 0.381. The smallest absolute Gasteiger partial charge is 0.414 e. The Labute approximate surface area is 196 Å². The minimum absolute atomic E-state index is 0.115. The van der Waals surface area contributed by atoms with Gasteiger partial charge in [0.25, 0.3) is 5.91 Å². The molecule has 1 N–H and O–H groups in total. The molecule has 2 aliphatic heterocycles. The van der Waals surface area contributed by atoms with E-state index in [2.05, 4.69) is 5.32 Å². The first kappa shape index (κ1) is 22.9. The Balaban J connectivity index is 1.37. The van der Waals surface area contributed by atoms with Gasteiger partial charge in [-0.15, -0.1) is 0 Å². The molecule has 0 aromatic heterocycles. The van der Waals surface area contributed by atoms with Crippen LogP contribution >= 0.6 is 23.8 Å². The average molecular weight is 496 g/mol. The molecular weight excluding hydrogens is 474 g/mol. The number of thiocarbonyl (C=S) groups is 1. The summed E-state index contributed by atoms with van der Waals surface area (Å²) < 4.78 is 32.1. The first-order valence-electron chi connectivity index (χ1n) is 10.2. The molecule has 4 rings (SSSR count). The summed E-state index contributed by atoms with van der Waals surface area (Å²) in [5, 5.41) is 3.18. The first-order valence-corrected chi connectivity index (χ1v) is 12.5. The molecule has 0 radical (unpaired) electrons. The van der Waals surface area contributed by atoms with E-state index in [1.807, 2.05) is 0 Å². The second-order valence-electron chi connectivity index (χ2n) is 7.71. The van der Waals surface area contributed by atoms with Crippen molar-refractivity contribution in [1.29, 1.82) is 0 Å². The number of halogens is 1. The van der Waals surface area contributed by atoms with Crippen molar-refractivity contribution in [1.82, 2.24) is 9.62 Å². The van der Waals surface area contributed by atoms with Crippen molar-refractivity contribution in [2.24, 2.45) is 0 Å². The molecular formula is C21H22ClN3O5S2. The third-order valence-electron chi connectivity index (χ3n) is 5.53. The number of nitrogens with one attached hydrogen (secondary N) is 1. The van der Waals surface area contributed by atoms with E-state index in [1.165, 1.54) is 27.4 Å². The Kier molecular flexibility index (Phi) is 6.66. The highest BCUT2D eigenvalue weighted by Gasteiger charge is 2.33. The van der Waals surface area contributed by atoms with Crippen LogP contribution in [0.25, 0.3) is 0 Å². The topological polar surface area (TPSA) is 96.0 Å². The zero-order valence-corrected chi connectivity index (χ0v) is 19.5. The van der Waals surface area contributed by atoms with Gasteiger partial charge in [0.15, 0.2) is 0 Å². The van der Waals surface area contributed by atoms with Gasteiger partial charge >= 0.3 is 6.09 Å². The molecule has 0 spiro atoms. The van der Waals surface area contributed by atoms with Crippen molar-refractivity contribution in [3.63, 3.8) is 0 Å². The summed E-state index contributed by atoms with van der Waals surface area (Å²) in [4.78, 5) is 26.9. The monoisotopic (exact) mass is 495 g/mol. The standard InChI is InChI=1S/C21H22ClN3O5S2/c22-14-3-8-19(31)18(11-14)20(26)23-12-16-13-25(21(27)30-16)15-4-6-17(7-5-15)32(28,29)24-9-1-2-10-24/h3-7,11,16H,1-2,8-10,12-13H2,(H,23,26). The number of ether oxygens (including phenoxy) is 1. The Morgan fingerprint density at radius 2 is 1.91 bits per heavy atom. The van der Waals surface area contributed by atoms with E-state index >= 15 is 0 Å². The largest absolute Gasteiger partial charge is 0.442 e. The molecule has 1 aromatic carbocycles. The first-order chi connectivity index (χ1) is 15.3. The molecule has 2 saturated heterocycles. The number of benzene rings is 1. The van der Waals surface area contributed by atoms with E-state index in [1.54, 1.807) is 18.2 Å². The summed E-state index contributed by atoms with van der Waals surface area (Å²) in [7, 11) is -3.52. The van der Waals surface area contributed by atoms with E-state index in [4.69, 9.17) is 28.6 Å². The highest BCUT2D eigenvalue weighted by atomic mass is 35.5. The SMILES string of the molecule is O=C(NCC1CN(c2ccc(S(=O)(=O)N3CCCC3)cc2)C(=O)O1)C1=CC(Cl)=CCC1=S. The molecule has 1 aliphatic carbocycles. The molecule has 8 nitrogen and oxygen atoms in total. The minimum Gasteiger partial charge on any atom is -0.442 e. The van der Waals surface area contributed by atoms with E-state index < -0.39 is 22.2 Å². The third kappa shape index (κ3) is 4.73. The molecule has 0 saturated carbocycles. The predicted molar refractivity (Wildman–Crippen MR) is 124 cm³/mol. The van der Waals surface area contributed by atoms with Gasteiger partial charge in [-0.25, -0.2) is 13.2 Å². The van der Waals surface area contributed by atoms with Crippen LogP contribution in [0.2, 0.25) is 0 Å². The van der Waals surface area contributed by atoms with Gasteiger partial charge in [-0.1, -0.05) is 29.9 Å². The second-order valence-corrected chi connectivity index (χ2v) is 10.6. The molecule has 3 aliphatic rings. The minimum atomic E-state index is -3.52. The summed E-state index contributed by atoms with van der Waals surface area (Å²) >= 11 is 11.2. The molecule has 11 heteroatoms. The lowest BCUT2D eigenvalue weighted by Gasteiger charge is -2.17. The van der Waals surface area contributed by atoms with Crippen molar-refractivity contribution in [3.8, 4) is 0 Å². The summed E-state index contributed by atoms with van der Waals surface area (Å²) in [5.41, 5.74) is 0.862. The van der Waals surface area contributed by atoms with Crippen LogP contribution in [0.4, 0.5) is 10.5 Å². The zero-order chi connectivity index (χ0) is 22.9. The number of allylic oxidation sites excluding steroid dienone is 3. The fourth-order valence-electron chi connectivity index (χ4n) is 3.79. The van der Waals surface area contributed by atoms with Crippen molar-refractivity contribution in [2.45, 2.75) is 30.3 Å². The Hall–Kier alpha value is -2.27. The summed E-state index contributed by atoms with van der Waals surface area (Å²) in [6.45, 7) is 1.39. The van der Waals surface area contributed by atoms with Crippen LogP contribution in [0.1, 0.15) is 19.3 Å². The van der Waals surface area contributed by atoms with Crippen molar-refractivity contribution >= 4 is 56.4 Å². The molecule has 1 aromatic rings. The van der Waals surface area contributed by atoms with Gasteiger partial charge in [0.2, 0.25) is 10.0 Å². The maximum absolute atomic E-state index is 12.7. The lowest BCUT2D eigenvalue weighted by atomic mass is 10.0. The highest BCUT2D eigenvalue weighted by Crippen LogP contribution is 2.26. The molecule has 1 unspecified atom stereocenters. The number of rotatable bonds is 6. The molecule has 0 bridgehead atoms. The highest BCUT2D eigenvalue weighted by molar-refractivity contribution is 7.89. The summed E-state index contributed by atoms with van der Waals surface area (Å²) in [6.07, 6.45) is 4.31. The number of cyclic esters (lactones) is 1. The number of hydrogen-bond donors (Lipinski definition) is 1. The zero-order valence-electron chi connectivity index (χ0n) is 17.1. The van der Waals surface area contributed by atoms with Gasteiger partial charge in [-0.3, -0.25) is 9.69 Å². The van der Waals surface area contributed by atoms with Crippen LogP contribution in [0.15, 0.2) is 51.9 Å². The van der Waals surface area contributed by atoms with Crippen LogP contribution in [0.5, 0.6) is 0 Å². The van der Waals surface area contributed by atoms with E-state index in [-0.39, 0.29) is 23.9 Å². The van der Waals surface area contributed by atoms with Gasteiger partial charge in [0.05, 0.1) is 23.6 Å². The third-order valence-corrected chi connectivity index (χ3v) is 8.09. The van der Waals surface area contributed by atoms with Gasteiger partial charge in [0, 0.05) is 35.1 Å². The number of nitrogens with zero attached hydrogens (tertiary/aromatic N) is 2. The van der Waals surface area contributed by atoms with Gasteiger partial charge in [-0.05, 0) is 43.2 Å². The van der Waals surface area contributed by atoms with Crippen LogP contribution in [-0.2, 0) is 19.6 Å². The summed E-state index contributed by atoms with van der Waals surface area (Å²) in [6, 6.07) is 6.17. The average Bonchev–Trinajstić information content (AvgIpc) is 3.44. The number of carbonyl (C=O) groups is 2. The lowest BCUT2D eigenvalue weighted by Crippen LogP contribution is -2.36. The van der Waals surface area contributed by atoms with Crippen LogP contribution < -0.4 is 10.2 Å². The van der Waals surface area contributed by atoms with Crippen LogP contribution in [0, 0.1) is 0 Å². The number of sulfonamides is 1. The maximum Gasteiger partial charge on any atom is 0.414 e. The summed E-state index contributed by atoms with van der Waals surface area (Å²) in [5.74, 6) is -0.368. The van der Waals surface area contributed by atoms with Crippen molar-refractivity contribution < 1.29 is 22.7 Å². The number of carbonyl (C=O) groups excluding carboxylic acids is 2. The maximum atomic E-state index is 12.7. The molecule has 2 amide bonds. The number of anilines is 1. The van der Waals surface area contributed by atoms with E-state index in [0.717, 1.165) is 12.8 Å². The molecule has 32 heavy (non-hydrogen) atoms. The fourth-order valence-corrected chi connectivity index (χ4v) is 5.72. The van der Waals surface area contributed by atoms with Crippen LogP contribution in [-0.4, -0.2) is 61.9 Å². The quantitative estimate of drug-likeness (QED) is 0.610. The molecule has 1 atom stereocenters. The van der Waals surface area contributed by atoms with Crippen molar-refractivity contribution in [3.05, 3.63) is 47.0 Å². The van der Waals surface area contributed by atoms with Gasteiger partial charge in [0.1, 0.15) is 6.10 Å². The Bertz CT molecular complexity index is 1110. The number of amides is 2. The predicted octanol–water partition coefficient (Wildman–Crippen LogP) is 2.74. The van der Waals surface area contributed by atoms with E-state index in [9.17, 15) is 18.0 Å².